The van der Waals surface area contributed by atoms with Gasteiger partial charge in [-0.3, -0.25) is 4.79 Å². The maximum atomic E-state index is 12.1. The zero-order valence-corrected chi connectivity index (χ0v) is 19.3. The summed E-state index contributed by atoms with van der Waals surface area (Å²) in [6.45, 7) is 4.23. The van der Waals surface area contributed by atoms with Gasteiger partial charge in [0.15, 0.2) is 0 Å². The Balaban J connectivity index is 1.34. The van der Waals surface area contributed by atoms with Crippen molar-refractivity contribution in [2.24, 2.45) is 23.7 Å². The van der Waals surface area contributed by atoms with Crippen molar-refractivity contribution in [2.45, 2.75) is 110 Å². The second kappa shape index (κ2) is 12.4. The van der Waals surface area contributed by atoms with Crippen LogP contribution in [0.15, 0.2) is 23.8 Å². The predicted molar refractivity (Wildman–Crippen MR) is 125 cm³/mol. The van der Waals surface area contributed by atoms with Crippen LogP contribution < -0.4 is 0 Å². The van der Waals surface area contributed by atoms with Crippen molar-refractivity contribution in [3.8, 4) is 11.8 Å². The minimum atomic E-state index is 0.0212. The maximum absolute atomic E-state index is 12.1. The highest BCUT2D eigenvalue weighted by Gasteiger charge is 2.39. The van der Waals surface area contributed by atoms with Crippen LogP contribution in [0.5, 0.6) is 0 Å². The summed E-state index contributed by atoms with van der Waals surface area (Å²) in [5.41, 5.74) is 1.65. The number of hydrogen-bond donors (Lipinski definition) is 0. The van der Waals surface area contributed by atoms with Crippen molar-refractivity contribution in [1.29, 1.82) is 0 Å². The van der Waals surface area contributed by atoms with E-state index < -0.39 is 0 Å². The third-order valence-corrected chi connectivity index (χ3v) is 7.47. The molecule has 0 aromatic rings. The standard InChI is InChI=1S/C28H42O2/c1-3-4-11-22(2)12-10-14-24-18-19-25-20-23(21-27(24)25)13-8-9-17-28(29)30-26-15-6-5-7-16-26/h10,13-14,22,24-27H,5-9,11-12,15-21H2,1-2H3/b14-10+,23-13+. The zero-order valence-electron chi connectivity index (χ0n) is 19.3. The fourth-order valence-electron chi connectivity index (χ4n) is 5.71. The van der Waals surface area contributed by atoms with E-state index in [4.69, 9.17) is 4.74 Å². The van der Waals surface area contributed by atoms with E-state index in [0.717, 1.165) is 56.3 Å². The minimum absolute atomic E-state index is 0.0212. The second-order valence-corrected chi connectivity index (χ2v) is 9.98. The molecule has 3 aliphatic carbocycles. The van der Waals surface area contributed by atoms with Gasteiger partial charge in [0.2, 0.25) is 0 Å². The highest BCUT2D eigenvalue weighted by atomic mass is 16.5. The van der Waals surface area contributed by atoms with Gasteiger partial charge >= 0.3 is 5.97 Å². The van der Waals surface area contributed by atoms with Gasteiger partial charge in [-0.15, -0.1) is 11.8 Å². The molecule has 0 amide bonds. The number of ether oxygens (including phenoxy) is 1. The molecule has 0 aromatic carbocycles. The summed E-state index contributed by atoms with van der Waals surface area (Å²) in [5.74, 6) is 9.41. The van der Waals surface area contributed by atoms with E-state index in [-0.39, 0.29) is 12.1 Å². The van der Waals surface area contributed by atoms with E-state index in [1.807, 2.05) is 6.92 Å². The molecule has 4 unspecified atom stereocenters. The summed E-state index contributed by atoms with van der Waals surface area (Å²) in [5, 5.41) is 0. The molecule has 3 saturated carbocycles. The van der Waals surface area contributed by atoms with Gasteiger partial charge in [0.25, 0.3) is 0 Å². The van der Waals surface area contributed by atoms with Gasteiger partial charge in [0, 0.05) is 12.8 Å². The lowest BCUT2D eigenvalue weighted by Gasteiger charge is -2.21. The van der Waals surface area contributed by atoms with Crippen LogP contribution in [-0.4, -0.2) is 12.1 Å². The number of carbonyl (C=O) groups is 1. The Morgan fingerprint density at radius 2 is 2.00 bits per heavy atom. The molecule has 3 rings (SSSR count). The molecule has 0 saturated heterocycles. The minimum Gasteiger partial charge on any atom is -0.462 e. The van der Waals surface area contributed by atoms with Crippen molar-refractivity contribution in [3.05, 3.63) is 23.8 Å². The average Bonchev–Trinajstić information content (AvgIpc) is 3.31. The van der Waals surface area contributed by atoms with Crippen molar-refractivity contribution in [3.63, 3.8) is 0 Å². The topological polar surface area (TPSA) is 26.3 Å². The Bertz CT molecular complexity index is 656. The number of allylic oxidation sites excluding steroid dienone is 4. The quantitative estimate of drug-likeness (QED) is 0.171. The Labute approximate surface area is 184 Å². The highest BCUT2D eigenvalue weighted by molar-refractivity contribution is 5.69. The Hall–Kier alpha value is -1.49. The number of hydrogen-bond acceptors (Lipinski definition) is 2. The van der Waals surface area contributed by atoms with Gasteiger partial charge < -0.3 is 4.74 Å². The van der Waals surface area contributed by atoms with Gasteiger partial charge in [-0.2, -0.15) is 0 Å². The lowest BCUT2D eigenvalue weighted by molar-refractivity contribution is -0.150. The molecular formula is C28H42O2. The lowest BCUT2D eigenvalue weighted by Crippen LogP contribution is -2.20. The number of rotatable bonds is 9. The van der Waals surface area contributed by atoms with Crippen molar-refractivity contribution in [2.75, 3.05) is 0 Å². The summed E-state index contributed by atoms with van der Waals surface area (Å²) in [7, 11) is 0. The third kappa shape index (κ3) is 7.33. The van der Waals surface area contributed by atoms with Crippen LogP contribution in [0.3, 0.4) is 0 Å². The van der Waals surface area contributed by atoms with Gasteiger partial charge in [-0.25, -0.2) is 0 Å². The molecule has 3 aliphatic rings. The van der Waals surface area contributed by atoms with Crippen LogP contribution in [0.4, 0.5) is 0 Å². The van der Waals surface area contributed by atoms with E-state index in [1.165, 1.54) is 44.9 Å². The molecule has 0 heterocycles. The van der Waals surface area contributed by atoms with Crippen LogP contribution in [0.2, 0.25) is 0 Å². The van der Waals surface area contributed by atoms with Crippen molar-refractivity contribution >= 4 is 5.97 Å². The van der Waals surface area contributed by atoms with Gasteiger partial charge in [0.1, 0.15) is 6.10 Å². The van der Waals surface area contributed by atoms with Crippen molar-refractivity contribution < 1.29 is 9.53 Å². The van der Waals surface area contributed by atoms with Gasteiger partial charge in [0.05, 0.1) is 0 Å². The molecule has 0 radical (unpaired) electrons. The van der Waals surface area contributed by atoms with Crippen LogP contribution >= 0.6 is 0 Å². The first-order valence-electron chi connectivity index (χ1n) is 12.6. The summed E-state index contributed by atoms with van der Waals surface area (Å²) >= 11 is 0. The van der Waals surface area contributed by atoms with E-state index in [2.05, 4.69) is 37.0 Å². The van der Waals surface area contributed by atoms with Gasteiger partial charge in [-0.05, 0) is 101 Å². The monoisotopic (exact) mass is 410 g/mol. The fraction of sp³-hybridized carbons (Fsp3) is 0.750. The van der Waals surface area contributed by atoms with Crippen LogP contribution in [0.1, 0.15) is 104 Å². The Kier molecular flexibility index (Phi) is 9.57. The normalized spacial score (nSPS) is 29.0. The van der Waals surface area contributed by atoms with E-state index in [1.54, 1.807) is 5.57 Å². The highest BCUT2D eigenvalue weighted by Crippen LogP contribution is 2.50. The molecule has 0 aromatic heterocycles. The molecule has 166 valence electrons. The number of carbonyl (C=O) groups excluding carboxylic acids is 1. The first-order valence-corrected chi connectivity index (χ1v) is 12.6. The first kappa shape index (κ1) is 23.2. The molecule has 2 nitrogen and oxygen atoms in total. The smallest absolute Gasteiger partial charge is 0.306 e. The predicted octanol–water partition coefficient (Wildman–Crippen LogP) is 7.39. The van der Waals surface area contributed by atoms with E-state index in [9.17, 15) is 4.79 Å². The zero-order chi connectivity index (χ0) is 21.2. The molecule has 0 N–H and O–H groups in total. The van der Waals surface area contributed by atoms with Crippen LogP contribution in [-0.2, 0) is 9.53 Å². The number of unbranched alkanes of at least 4 members (excludes halogenated alkanes) is 1. The molecule has 30 heavy (non-hydrogen) atoms. The molecule has 3 fully saturated rings. The average molecular weight is 411 g/mol. The third-order valence-electron chi connectivity index (χ3n) is 7.47. The molecular weight excluding hydrogens is 368 g/mol. The lowest BCUT2D eigenvalue weighted by atomic mass is 9.91. The summed E-state index contributed by atoms with van der Waals surface area (Å²) in [4.78, 5) is 12.1. The molecule has 4 atom stereocenters. The molecule has 0 aliphatic heterocycles. The molecule has 2 heteroatoms. The summed E-state index contributed by atoms with van der Waals surface area (Å²) in [6, 6.07) is 0. The van der Waals surface area contributed by atoms with E-state index in [0.29, 0.717) is 12.3 Å². The Morgan fingerprint density at radius 1 is 1.17 bits per heavy atom. The first-order chi connectivity index (χ1) is 14.7. The fourth-order valence-corrected chi connectivity index (χ4v) is 5.71. The number of esters is 1. The summed E-state index contributed by atoms with van der Waals surface area (Å²) in [6.07, 6.45) is 23.5. The summed E-state index contributed by atoms with van der Waals surface area (Å²) < 4.78 is 5.64. The largest absolute Gasteiger partial charge is 0.462 e. The van der Waals surface area contributed by atoms with Crippen molar-refractivity contribution in [1.82, 2.24) is 0 Å². The SMILES string of the molecule is CC#CCC(C)C/C=C/C1CCC2C/C(=C\CCCC(=O)OC3CCCCC3)CC12. The molecule has 0 bridgehead atoms. The second-order valence-electron chi connectivity index (χ2n) is 9.98. The van der Waals surface area contributed by atoms with Crippen LogP contribution in [0.25, 0.3) is 0 Å². The number of fused-ring (bicyclic) bond motifs is 1. The Morgan fingerprint density at radius 3 is 2.80 bits per heavy atom. The van der Waals surface area contributed by atoms with Crippen LogP contribution in [0, 0.1) is 35.5 Å². The molecule has 0 spiro atoms. The maximum Gasteiger partial charge on any atom is 0.306 e. The van der Waals surface area contributed by atoms with E-state index >= 15 is 0 Å². The van der Waals surface area contributed by atoms with Gasteiger partial charge in [-0.1, -0.05) is 37.1 Å².